The van der Waals surface area contributed by atoms with Crippen LogP contribution in [0.15, 0.2) is 30.5 Å². The molecule has 1 heterocycles. The summed E-state index contributed by atoms with van der Waals surface area (Å²) < 4.78 is 0. The third kappa shape index (κ3) is 4.86. The molecule has 6 heteroatoms. The number of rotatable bonds is 5. The Morgan fingerprint density at radius 2 is 2.37 bits per heavy atom. The van der Waals surface area contributed by atoms with Crippen LogP contribution in [-0.4, -0.2) is 16.6 Å². The molecule has 0 bridgehead atoms. The molecule has 1 aromatic heterocycles. The maximum absolute atomic E-state index is 11.7. The Bertz CT molecular complexity index is 571. The quantitative estimate of drug-likeness (QED) is 0.908. The van der Waals surface area contributed by atoms with Crippen LogP contribution in [0.3, 0.4) is 0 Å². The molecule has 0 aliphatic carbocycles. The molecule has 3 nitrogen and oxygen atoms in total. The Morgan fingerprint density at radius 3 is 3.05 bits per heavy atom. The molecule has 1 aromatic carbocycles. The van der Waals surface area contributed by atoms with Crippen molar-refractivity contribution in [3.63, 3.8) is 0 Å². The summed E-state index contributed by atoms with van der Waals surface area (Å²) in [5, 5.41) is 4.16. The molecule has 0 radical (unpaired) electrons. The number of nitrogens with zero attached hydrogens (tertiary/aromatic N) is 1. The predicted molar refractivity (Wildman–Crippen MR) is 83.1 cm³/mol. The van der Waals surface area contributed by atoms with E-state index in [1.165, 1.54) is 11.3 Å². The average Bonchev–Trinajstić information content (AvgIpc) is 2.75. The van der Waals surface area contributed by atoms with Crippen molar-refractivity contribution in [2.24, 2.45) is 0 Å². The number of aromatic nitrogens is 1. The van der Waals surface area contributed by atoms with Crippen LogP contribution in [0.1, 0.15) is 10.4 Å². The Labute approximate surface area is 125 Å². The van der Waals surface area contributed by atoms with Crippen LogP contribution in [0, 0.1) is 6.92 Å². The van der Waals surface area contributed by atoms with Crippen molar-refractivity contribution in [3.05, 3.63) is 45.9 Å². The van der Waals surface area contributed by atoms with Gasteiger partial charge in [-0.3, -0.25) is 4.79 Å². The van der Waals surface area contributed by atoms with Crippen LogP contribution in [0.4, 0.5) is 5.13 Å². The second kappa shape index (κ2) is 6.93. The van der Waals surface area contributed by atoms with Gasteiger partial charge in [0.25, 0.3) is 0 Å². The molecule has 19 heavy (non-hydrogen) atoms. The van der Waals surface area contributed by atoms with Crippen molar-refractivity contribution >= 4 is 45.7 Å². The number of carbonyl (C=O) groups is 1. The summed E-state index contributed by atoms with van der Waals surface area (Å²) in [5.41, 5.74) is 1.12. The monoisotopic (exact) mass is 312 g/mol. The van der Waals surface area contributed by atoms with Crippen LogP contribution < -0.4 is 5.32 Å². The zero-order valence-electron chi connectivity index (χ0n) is 10.4. The normalized spacial score (nSPS) is 10.4. The Kier molecular flexibility index (Phi) is 5.24. The molecule has 0 spiro atoms. The van der Waals surface area contributed by atoms with Crippen molar-refractivity contribution < 1.29 is 4.79 Å². The molecule has 0 atom stereocenters. The van der Waals surface area contributed by atoms with E-state index in [-0.39, 0.29) is 5.91 Å². The lowest BCUT2D eigenvalue weighted by atomic mass is 10.2. The van der Waals surface area contributed by atoms with Crippen molar-refractivity contribution in [3.8, 4) is 0 Å². The summed E-state index contributed by atoms with van der Waals surface area (Å²) in [6.45, 7) is 1.96. The highest BCUT2D eigenvalue weighted by molar-refractivity contribution is 7.99. The number of hydrogen-bond acceptors (Lipinski definition) is 4. The number of halogens is 1. The minimum Gasteiger partial charge on any atom is -0.301 e. The second-order valence-corrected chi connectivity index (χ2v) is 6.60. The van der Waals surface area contributed by atoms with Gasteiger partial charge in [0.15, 0.2) is 5.13 Å². The third-order valence-electron chi connectivity index (χ3n) is 2.26. The van der Waals surface area contributed by atoms with E-state index >= 15 is 0 Å². The number of thiazole rings is 1. The van der Waals surface area contributed by atoms with Crippen LogP contribution in [-0.2, 0) is 10.5 Å². The second-order valence-electron chi connectivity index (χ2n) is 3.95. The van der Waals surface area contributed by atoms with Crippen LogP contribution >= 0.6 is 34.7 Å². The molecule has 0 saturated heterocycles. The number of thioether (sulfide) groups is 1. The van der Waals surface area contributed by atoms with Crippen LogP contribution in [0.2, 0.25) is 5.02 Å². The number of nitrogens with one attached hydrogen (secondary N) is 1. The fourth-order valence-corrected chi connectivity index (χ4v) is 3.12. The lowest BCUT2D eigenvalue weighted by molar-refractivity contribution is -0.113. The molecule has 2 rings (SSSR count). The van der Waals surface area contributed by atoms with Crippen LogP contribution in [0.25, 0.3) is 0 Å². The van der Waals surface area contributed by atoms with Gasteiger partial charge in [-0.2, -0.15) is 0 Å². The van der Waals surface area contributed by atoms with Gasteiger partial charge in [-0.05, 0) is 24.6 Å². The van der Waals surface area contributed by atoms with Gasteiger partial charge in [-0.1, -0.05) is 23.7 Å². The van der Waals surface area contributed by atoms with E-state index in [1.54, 1.807) is 18.0 Å². The summed E-state index contributed by atoms with van der Waals surface area (Å²) in [6, 6.07) is 7.67. The van der Waals surface area contributed by atoms with Crippen molar-refractivity contribution in [2.45, 2.75) is 12.7 Å². The van der Waals surface area contributed by atoms with E-state index < -0.39 is 0 Å². The number of amides is 1. The van der Waals surface area contributed by atoms with E-state index in [2.05, 4.69) is 10.3 Å². The van der Waals surface area contributed by atoms with Gasteiger partial charge in [0.05, 0.1) is 5.75 Å². The first-order valence-electron chi connectivity index (χ1n) is 5.68. The number of carbonyl (C=O) groups excluding carboxylic acids is 1. The number of benzene rings is 1. The maximum Gasteiger partial charge on any atom is 0.236 e. The van der Waals surface area contributed by atoms with E-state index in [4.69, 9.17) is 11.6 Å². The molecule has 2 aromatic rings. The molecule has 100 valence electrons. The molecule has 0 aliphatic heterocycles. The van der Waals surface area contributed by atoms with Gasteiger partial charge in [-0.15, -0.1) is 23.1 Å². The van der Waals surface area contributed by atoms with Gasteiger partial charge in [0.1, 0.15) is 0 Å². The minimum atomic E-state index is -0.0265. The fraction of sp³-hybridized carbons (Fsp3) is 0.231. The maximum atomic E-state index is 11.7. The first kappa shape index (κ1) is 14.4. The summed E-state index contributed by atoms with van der Waals surface area (Å²) in [4.78, 5) is 16.9. The first-order chi connectivity index (χ1) is 9.13. The highest BCUT2D eigenvalue weighted by Gasteiger charge is 2.05. The minimum absolute atomic E-state index is 0.0265. The number of hydrogen-bond donors (Lipinski definition) is 1. The number of anilines is 1. The molecule has 0 saturated carbocycles. The van der Waals surface area contributed by atoms with E-state index in [1.807, 2.05) is 31.2 Å². The lowest BCUT2D eigenvalue weighted by Gasteiger charge is -2.03. The molecule has 1 N–H and O–H groups in total. The summed E-state index contributed by atoms with van der Waals surface area (Å²) >= 11 is 8.93. The molecular formula is C13H13ClN2OS2. The summed E-state index contributed by atoms with van der Waals surface area (Å²) in [7, 11) is 0. The predicted octanol–water partition coefficient (Wildman–Crippen LogP) is 3.98. The zero-order chi connectivity index (χ0) is 13.7. The standard InChI is InChI=1S/C13H13ClN2OS2/c1-9-6-15-13(19-9)16-12(17)8-18-7-10-3-2-4-11(14)5-10/h2-6H,7-8H2,1H3,(H,15,16,17). The number of aryl methyl sites for hydroxylation is 1. The summed E-state index contributed by atoms with van der Waals surface area (Å²) in [5.74, 6) is 1.15. The molecule has 0 fully saturated rings. The third-order valence-corrected chi connectivity index (χ3v) is 4.33. The van der Waals surface area contributed by atoms with E-state index in [9.17, 15) is 4.79 Å². The molecule has 0 unspecified atom stereocenters. The summed E-state index contributed by atoms with van der Waals surface area (Å²) in [6.07, 6.45) is 1.75. The Hall–Kier alpha value is -1.04. The van der Waals surface area contributed by atoms with Crippen LogP contribution in [0.5, 0.6) is 0 Å². The molecular weight excluding hydrogens is 300 g/mol. The first-order valence-corrected chi connectivity index (χ1v) is 8.03. The van der Waals surface area contributed by atoms with Gasteiger partial charge in [-0.25, -0.2) is 4.98 Å². The van der Waals surface area contributed by atoms with Gasteiger partial charge in [0, 0.05) is 21.8 Å². The SMILES string of the molecule is Cc1cnc(NC(=O)CSCc2cccc(Cl)c2)s1. The molecule has 1 amide bonds. The smallest absolute Gasteiger partial charge is 0.236 e. The van der Waals surface area contributed by atoms with Gasteiger partial charge < -0.3 is 5.32 Å². The topological polar surface area (TPSA) is 42.0 Å². The van der Waals surface area contributed by atoms with Gasteiger partial charge >= 0.3 is 0 Å². The highest BCUT2D eigenvalue weighted by atomic mass is 35.5. The Morgan fingerprint density at radius 1 is 1.53 bits per heavy atom. The van der Waals surface area contributed by atoms with Crippen molar-refractivity contribution in [1.29, 1.82) is 0 Å². The fourth-order valence-electron chi connectivity index (χ4n) is 1.46. The van der Waals surface area contributed by atoms with E-state index in [0.717, 1.165) is 21.2 Å². The average molecular weight is 313 g/mol. The van der Waals surface area contributed by atoms with Crippen molar-refractivity contribution in [1.82, 2.24) is 4.98 Å². The lowest BCUT2D eigenvalue weighted by Crippen LogP contribution is -2.13. The highest BCUT2D eigenvalue weighted by Crippen LogP contribution is 2.19. The zero-order valence-corrected chi connectivity index (χ0v) is 12.7. The largest absolute Gasteiger partial charge is 0.301 e. The van der Waals surface area contributed by atoms with Crippen molar-refractivity contribution in [2.75, 3.05) is 11.1 Å². The Balaban J connectivity index is 1.75. The van der Waals surface area contributed by atoms with E-state index in [0.29, 0.717) is 10.9 Å². The van der Waals surface area contributed by atoms with Gasteiger partial charge in [0.2, 0.25) is 5.91 Å². The molecule has 0 aliphatic rings.